The molecule has 1 aromatic heterocycles. The Morgan fingerprint density at radius 3 is 2.83 bits per heavy atom. The first-order chi connectivity index (χ1) is 11.2. The first kappa shape index (κ1) is 16.1. The number of amides is 1. The number of hydrogen-bond donors (Lipinski definition) is 3. The molecule has 1 aromatic carbocycles. The predicted molar refractivity (Wildman–Crippen MR) is 91.3 cm³/mol. The molecule has 1 amide bonds. The van der Waals surface area contributed by atoms with Crippen LogP contribution in [-0.2, 0) is 4.79 Å². The summed E-state index contributed by atoms with van der Waals surface area (Å²) in [7, 11) is 0. The van der Waals surface area contributed by atoms with Crippen LogP contribution in [0.25, 0.3) is 10.4 Å². The zero-order valence-electron chi connectivity index (χ0n) is 13.1. The van der Waals surface area contributed by atoms with E-state index in [1.54, 1.807) is 11.3 Å². The molecule has 0 bridgehead atoms. The molecule has 6 heteroatoms. The highest BCUT2D eigenvalue weighted by Gasteiger charge is 2.24. The van der Waals surface area contributed by atoms with Gasteiger partial charge in [-0.05, 0) is 37.4 Å². The molecule has 1 saturated heterocycles. The Kier molecular flexibility index (Phi) is 5.05. The number of carbonyl (C=O) groups excluding carboxylic acids is 1. The van der Waals surface area contributed by atoms with Gasteiger partial charge in [-0.25, -0.2) is 4.98 Å². The number of carbonyl (C=O) groups is 1. The minimum Gasteiger partial charge on any atom is -0.394 e. The second kappa shape index (κ2) is 7.21. The molecule has 3 rings (SSSR count). The zero-order chi connectivity index (χ0) is 16.2. The molecule has 2 atom stereocenters. The normalized spacial score (nSPS) is 18.8. The molecule has 3 N–H and O–H groups in total. The lowest BCUT2D eigenvalue weighted by molar-refractivity contribution is -0.123. The van der Waals surface area contributed by atoms with Crippen LogP contribution < -0.4 is 10.6 Å². The van der Waals surface area contributed by atoms with Gasteiger partial charge in [0.15, 0.2) is 0 Å². The molecule has 1 fully saturated rings. The molecule has 2 aromatic rings. The van der Waals surface area contributed by atoms with Crippen LogP contribution in [0.2, 0.25) is 0 Å². The van der Waals surface area contributed by atoms with Gasteiger partial charge in [0, 0.05) is 0 Å². The average molecular weight is 331 g/mol. The molecule has 1 aliphatic heterocycles. The van der Waals surface area contributed by atoms with Gasteiger partial charge in [0.25, 0.3) is 0 Å². The summed E-state index contributed by atoms with van der Waals surface area (Å²) in [6.45, 7) is 2.76. The van der Waals surface area contributed by atoms with E-state index in [0.717, 1.165) is 41.1 Å². The highest BCUT2D eigenvalue weighted by Crippen LogP contribution is 2.28. The van der Waals surface area contributed by atoms with Gasteiger partial charge in [-0.15, -0.1) is 11.3 Å². The lowest BCUT2D eigenvalue weighted by Gasteiger charge is -2.19. The second-order valence-corrected chi connectivity index (χ2v) is 6.64. The van der Waals surface area contributed by atoms with Gasteiger partial charge < -0.3 is 15.7 Å². The number of aromatic nitrogens is 1. The zero-order valence-corrected chi connectivity index (χ0v) is 13.9. The van der Waals surface area contributed by atoms with Crippen LogP contribution in [0.1, 0.15) is 30.1 Å². The van der Waals surface area contributed by atoms with Crippen molar-refractivity contribution in [2.45, 2.75) is 31.8 Å². The van der Waals surface area contributed by atoms with Gasteiger partial charge in [-0.3, -0.25) is 4.79 Å². The van der Waals surface area contributed by atoms with Gasteiger partial charge in [0.1, 0.15) is 0 Å². The maximum atomic E-state index is 12.2. The quantitative estimate of drug-likeness (QED) is 0.784. The molecule has 0 unspecified atom stereocenters. The summed E-state index contributed by atoms with van der Waals surface area (Å²) < 4.78 is 0. The number of benzene rings is 1. The summed E-state index contributed by atoms with van der Waals surface area (Å²) in [5, 5.41) is 15.7. The standard InChI is InChI=1S/C17H21N3O2S/c1-11-16(23-10-19-11)13-6-4-12(5-7-13)15(9-21)20-17(22)14-3-2-8-18-14/h4-7,10,14-15,18,21H,2-3,8-9H2,1H3,(H,20,22)/t14-,15-/m0/s1. The summed E-state index contributed by atoms with van der Waals surface area (Å²) in [5.41, 5.74) is 4.87. The van der Waals surface area contributed by atoms with Crippen molar-refractivity contribution in [3.8, 4) is 10.4 Å². The second-order valence-electron chi connectivity index (χ2n) is 5.78. The van der Waals surface area contributed by atoms with E-state index in [1.165, 1.54) is 0 Å². The summed E-state index contributed by atoms with van der Waals surface area (Å²) in [4.78, 5) is 17.6. The third-order valence-corrected chi connectivity index (χ3v) is 5.17. The molecular weight excluding hydrogens is 310 g/mol. The fourth-order valence-electron chi connectivity index (χ4n) is 2.86. The van der Waals surface area contributed by atoms with Crippen molar-refractivity contribution in [2.75, 3.05) is 13.2 Å². The molecule has 0 radical (unpaired) electrons. The van der Waals surface area contributed by atoms with E-state index in [9.17, 15) is 9.90 Å². The third-order valence-electron chi connectivity index (χ3n) is 4.20. The van der Waals surface area contributed by atoms with Crippen LogP contribution in [0.15, 0.2) is 29.8 Å². The number of rotatable bonds is 5. The molecule has 2 heterocycles. The van der Waals surface area contributed by atoms with Gasteiger partial charge in [-0.1, -0.05) is 24.3 Å². The number of aliphatic hydroxyl groups is 1. The van der Waals surface area contributed by atoms with Gasteiger partial charge in [-0.2, -0.15) is 0 Å². The van der Waals surface area contributed by atoms with Crippen molar-refractivity contribution < 1.29 is 9.90 Å². The molecule has 5 nitrogen and oxygen atoms in total. The SMILES string of the molecule is Cc1ncsc1-c1ccc([C@H](CO)NC(=O)[C@@H]2CCCN2)cc1. The lowest BCUT2D eigenvalue weighted by Crippen LogP contribution is -2.42. The first-order valence-electron chi connectivity index (χ1n) is 7.84. The van der Waals surface area contributed by atoms with Crippen LogP contribution in [0.4, 0.5) is 0 Å². The topological polar surface area (TPSA) is 74.2 Å². The Hall–Kier alpha value is -1.76. The van der Waals surface area contributed by atoms with E-state index in [-0.39, 0.29) is 24.6 Å². The Labute approximate surface area is 139 Å². The summed E-state index contributed by atoms with van der Waals surface area (Å²) in [6, 6.07) is 7.43. The van der Waals surface area contributed by atoms with Crippen LogP contribution in [-0.4, -0.2) is 35.2 Å². The van der Waals surface area contributed by atoms with Crippen molar-refractivity contribution in [1.82, 2.24) is 15.6 Å². The van der Waals surface area contributed by atoms with Crippen molar-refractivity contribution >= 4 is 17.2 Å². The number of aryl methyl sites for hydroxylation is 1. The monoisotopic (exact) mass is 331 g/mol. The van der Waals surface area contributed by atoms with Crippen molar-refractivity contribution in [2.24, 2.45) is 0 Å². The van der Waals surface area contributed by atoms with E-state index in [4.69, 9.17) is 0 Å². The fraction of sp³-hybridized carbons (Fsp3) is 0.412. The van der Waals surface area contributed by atoms with E-state index < -0.39 is 0 Å². The van der Waals surface area contributed by atoms with Crippen LogP contribution >= 0.6 is 11.3 Å². The Morgan fingerprint density at radius 2 is 2.26 bits per heavy atom. The summed E-state index contributed by atoms with van der Waals surface area (Å²) in [6.07, 6.45) is 1.87. The number of hydrogen-bond acceptors (Lipinski definition) is 5. The first-order valence-corrected chi connectivity index (χ1v) is 8.72. The van der Waals surface area contributed by atoms with Gasteiger partial charge in [0.05, 0.1) is 34.8 Å². The predicted octanol–water partition coefficient (Wildman–Crippen LogP) is 2.02. The Morgan fingerprint density at radius 1 is 1.48 bits per heavy atom. The molecule has 0 saturated carbocycles. The molecule has 122 valence electrons. The number of nitrogens with zero attached hydrogens (tertiary/aromatic N) is 1. The maximum Gasteiger partial charge on any atom is 0.237 e. The van der Waals surface area contributed by atoms with Crippen LogP contribution in [0, 0.1) is 6.92 Å². The summed E-state index contributed by atoms with van der Waals surface area (Å²) >= 11 is 1.61. The average Bonchev–Trinajstić information content (AvgIpc) is 3.24. The number of nitrogens with one attached hydrogen (secondary N) is 2. The molecule has 23 heavy (non-hydrogen) atoms. The van der Waals surface area contributed by atoms with E-state index in [0.29, 0.717) is 0 Å². The third kappa shape index (κ3) is 3.60. The summed E-state index contributed by atoms with van der Waals surface area (Å²) in [5.74, 6) is -0.0380. The van der Waals surface area contributed by atoms with Gasteiger partial charge >= 0.3 is 0 Å². The molecule has 0 aliphatic carbocycles. The van der Waals surface area contributed by atoms with Gasteiger partial charge in [0.2, 0.25) is 5.91 Å². The molecule has 0 spiro atoms. The van der Waals surface area contributed by atoms with Crippen LogP contribution in [0.3, 0.4) is 0 Å². The fourth-order valence-corrected chi connectivity index (χ4v) is 3.67. The largest absolute Gasteiger partial charge is 0.394 e. The van der Waals surface area contributed by atoms with Crippen molar-refractivity contribution in [1.29, 1.82) is 0 Å². The molecule has 1 aliphatic rings. The molecular formula is C17H21N3O2S. The maximum absolute atomic E-state index is 12.2. The van der Waals surface area contributed by atoms with E-state index >= 15 is 0 Å². The van der Waals surface area contributed by atoms with Crippen LogP contribution in [0.5, 0.6) is 0 Å². The number of aliphatic hydroxyl groups excluding tert-OH is 1. The Bertz CT molecular complexity index is 663. The highest BCUT2D eigenvalue weighted by molar-refractivity contribution is 7.13. The minimum absolute atomic E-state index is 0.0380. The smallest absolute Gasteiger partial charge is 0.237 e. The lowest BCUT2D eigenvalue weighted by atomic mass is 10.0. The van der Waals surface area contributed by atoms with E-state index in [1.807, 2.05) is 36.7 Å². The highest BCUT2D eigenvalue weighted by atomic mass is 32.1. The Balaban J connectivity index is 1.71. The minimum atomic E-state index is -0.374. The van der Waals surface area contributed by atoms with E-state index in [2.05, 4.69) is 15.6 Å². The van der Waals surface area contributed by atoms with Crippen molar-refractivity contribution in [3.63, 3.8) is 0 Å². The van der Waals surface area contributed by atoms with Crippen molar-refractivity contribution in [3.05, 3.63) is 41.0 Å². The number of thiazole rings is 1.